The van der Waals surface area contributed by atoms with Gasteiger partial charge in [-0.15, -0.1) is 23.1 Å². The number of nitrogen functional groups attached to an aromatic ring is 1. The zero-order valence-corrected chi connectivity index (χ0v) is 26.1. The molecule has 1 fully saturated rings. The van der Waals surface area contributed by atoms with E-state index in [0.29, 0.717) is 10.0 Å². The van der Waals surface area contributed by atoms with E-state index in [1.54, 1.807) is 0 Å². The summed E-state index contributed by atoms with van der Waals surface area (Å²) in [4.78, 5) is 72.6. The summed E-state index contributed by atoms with van der Waals surface area (Å²) in [5, 5.41) is 48.0. The van der Waals surface area contributed by atoms with Crippen LogP contribution >= 0.6 is 39.0 Å². The lowest BCUT2D eigenvalue weighted by Gasteiger charge is -2.49. The van der Waals surface area contributed by atoms with Gasteiger partial charge in [0.1, 0.15) is 22.8 Å². The number of rotatable bonds is 11. The molecule has 1 aromatic heterocycles. The number of aliphatic carboxylic acids is 2. The highest BCUT2D eigenvalue weighted by Crippen LogP contribution is 2.40. The van der Waals surface area contributed by atoms with Crippen molar-refractivity contribution in [1.29, 1.82) is 0 Å². The van der Waals surface area contributed by atoms with Crippen LogP contribution in [0.4, 0.5) is 5.13 Å². The standard InChI is InChI=1S/C25H25BrN6O10S2/c1-25(2,23(40)41)42-31-16(12-8-44-24(27)29-12)19(36)30-17-20(37)32-18(22(38)39)10(7-43-21(17)32)6-28-15(35)4-9-3-13(33)14(34)5-11(9)26/h3,5,8,17,21,33-34H,4,6-7H2,1-2H3,(H2,27,29)(H,28,35)(H,30,36)(H,38,39)(H,40,41)/b31-16-/t17-,21-/m1/s1. The zero-order chi connectivity index (χ0) is 32.5. The second kappa shape index (κ2) is 12.7. The summed E-state index contributed by atoms with van der Waals surface area (Å²) in [5.41, 5.74) is 3.70. The van der Waals surface area contributed by atoms with Crippen molar-refractivity contribution in [3.05, 3.63) is 44.5 Å². The fraction of sp³-hybridized carbons (Fsp3) is 0.320. The molecule has 2 aromatic rings. The number of β-lactam (4-membered cyclic amide) rings is 1. The molecule has 0 bridgehead atoms. The molecule has 44 heavy (non-hydrogen) atoms. The van der Waals surface area contributed by atoms with Crippen LogP contribution in [0.3, 0.4) is 0 Å². The minimum Gasteiger partial charge on any atom is -0.504 e. The van der Waals surface area contributed by atoms with Crippen LogP contribution in [0.25, 0.3) is 0 Å². The van der Waals surface area contributed by atoms with Crippen molar-refractivity contribution in [1.82, 2.24) is 20.5 Å². The maximum absolute atomic E-state index is 13.2. The highest BCUT2D eigenvalue weighted by atomic mass is 79.9. The topological polar surface area (TPSA) is 254 Å². The van der Waals surface area contributed by atoms with E-state index in [9.17, 15) is 44.4 Å². The van der Waals surface area contributed by atoms with Gasteiger partial charge in [-0.3, -0.25) is 19.3 Å². The van der Waals surface area contributed by atoms with E-state index in [4.69, 9.17) is 10.6 Å². The molecule has 1 saturated heterocycles. The molecule has 0 saturated carbocycles. The second-order valence-electron chi connectivity index (χ2n) is 9.92. The van der Waals surface area contributed by atoms with Crippen molar-refractivity contribution in [3.8, 4) is 11.5 Å². The molecule has 2 atom stereocenters. The van der Waals surface area contributed by atoms with Gasteiger partial charge in [0, 0.05) is 22.2 Å². The number of nitrogens with zero attached hydrogens (tertiary/aromatic N) is 3. The number of aromatic hydroxyl groups is 2. The van der Waals surface area contributed by atoms with Crippen molar-refractivity contribution >= 4 is 79.5 Å². The molecular weight excluding hydrogens is 688 g/mol. The van der Waals surface area contributed by atoms with Crippen molar-refractivity contribution in [2.24, 2.45) is 5.16 Å². The van der Waals surface area contributed by atoms with E-state index >= 15 is 0 Å². The van der Waals surface area contributed by atoms with Gasteiger partial charge in [-0.2, -0.15) is 0 Å². The Kier molecular flexibility index (Phi) is 9.40. The number of nitrogens with two attached hydrogens (primary N) is 1. The Labute approximate surface area is 265 Å². The van der Waals surface area contributed by atoms with E-state index in [2.05, 4.69) is 36.7 Å². The molecule has 0 spiro atoms. The van der Waals surface area contributed by atoms with Crippen molar-refractivity contribution in [3.63, 3.8) is 0 Å². The molecule has 3 heterocycles. The van der Waals surface area contributed by atoms with E-state index in [1.807, 2.05) is 0 Å². The minimum atomic E-state index is -1.80. The average molecular weight is 714 g/mol. The largest absolute Gasteiger partial charge is 0.504 e. The molecule has 234 valence electrons. The molecule has 2 aliphatic heterocycles. The molecule has 8 N–H and O–H groups in total. The first-order valence-corrected chi connectivity index (χ1v) is 15.2. The van der Waals surface area contributed by atoms with Gasteiger partial charge in [-0.05, 0) is 37.1 Å². The fourth-order valence-electron chi connectivity index (χ4n) is 4.00. The number of carboxylic acids is 2. The SMILES string of the molecule is CC(C)(O/N=C(\C(=O)N[C@@H]1C(=O)N2C(C(=O)O)=C(CNC(=O)Cc3cc(O)c(O)cc3Br)CS[C@H]12)c1csc(N)n1)C(=O)O. The van der Waals surface area contributed by atoms with Gasteiger partial charge in [-0.25, -0.2) is 14.6 Å². The van der Waals surface area contributed by atoms with Gasteiger partial charge in [0.2, 0.25) is 11.5 Å². The number of anilines is 1. The summed E-state index contributed by atoms with van der Waals surface area (Å²) >= 11 is 5.35. The van der Waals surface area contributed by atoms with Gasteiger partial charge < -0.3 is 41.6 Å². The summed E-state index contributed by atoms with van der Waals surface area (Å²) in [6.07, 6.45) is -0.196. The summed E-state index contributed by atoms with van der Waals surface area (Å²) in [6, 6.07) is 1.29. The van der Waals surface area contributed by atoms with Gasteiger partial charge in [0.25, 0.3) is 11.8 Å². The molecular formula is C25H25BrN6O10S2. The number of hydrogen-bond donors (Lipinski definition) is 7. The Morgan fingerprint density at radius 1 is 1.23 bits per heavy atom. The summed E-state index contributed by atoms with van der Waals surface area (Å²) in [7, 11) is 0. The number of oxime groups is 1. The Balaban J connectivity index is 1.47. The molecule has 4 rings (SSSR count). The fourth-order valence-corrected chi connectivity index (χ4v) is 6.36. The lowest BCUT2D eigenvalue weighted by Crippen LogP contribution is -2.71. The van der Waals surface area contributed by atoms with Gasteiger partial charge in [-0.1, -0.05) is 21.1 Å². The first-order valence-electron chi connectivity index (χ1n) is 12.5. The molecule has 0 aliphatic carbocycles. The average Bonchev–Trinajstić information content (AvgIpc) is 3.38. The summed E-state index contributed by atoms with van der Waals surface area (Å²) in [5.74, 6) is -5.61. The van der Waals surface area contributed by atoms with Gasteiger partial charge >= 0.3 is 11.9 Å². The summed E-state index contributed by atoms with van der Waals surface area (Å²) in [6.45, 7) is 2.24. The zero-order valence-electron chi connectivity index (χ0n) is 22.9. The first-order chi connectivity index (χ1) is 20.6. The number of thioether (sulfide) groups is 1. The second-order valence-corrected chi connectivity index (χ2v) is 12.8. The van der Waals surface area contributed by atoms with E-state index in [1.165, 1.54) is 31.4 Å². The van der Waals surface area contributed by atoms with Crippen molar-refractivity contribution in [2.45, 2.75) is 37.3 Å². The summed E-state index contributed by atoms with van der Waals surface area (Å²) < 4.78 is 0.382. The highest BCUT2D eigenvalue weighted by molar-refractivity contribution is 9.10. The smallest absolute Gasteiger partial charge is 0.352 e. The molecule has 19 heteroatoms. The monoisotopic (exact) mass is 712 g/mol. The van der Waals surface area contributed by atoms with Crippen molar-refractivity contribution in [2.75, 3.05) is 18.0 Å². The molecule has 3 amide bonds. The maximum atomic E-state index is 13.2. The third kappa shape index (κ3) is 6.73. The van der Waals surface area contributed by atoms with Crippen LogP contribution in [0, 0.1) is 0 Å². The number of carboxylic acid groups (broad SMARTS) is 2. The number of amides is 3. The minimum absolute atomic E-state index is 0.0233. The number of halogens is 1. The first kappa shape index (κ1) is 32.6. The van der Waals surface area contributed by atoms with E-state index < -0.39 is 58.1 Å². The maximum Gasteiger partial charge on any atom is 0.352 e. The van der Waals surface area contributed by atoms with Crippen LogP contribution in [-0.2, 0) is 35.2 Å². The Morgan fingerprint density at radius 2 is 1.91 bits per heavy atom. The Hall–Kier alpha value is -4.36. The number of carbonyl (C=O) groups excluding carboxylic acids is 3. The highest BCUT2D eigenvalue weighted by Gasteiger charge is 2.54. The van der Waals surface area contributed by atoms with Crippen LogP contribution in [0.1, 0.15) is 25.1 Å². The quantitative estimate of drug-likeness (QED) is 0.0729. The number of nitrogens with one attached hydrogen (secondary N) is 2. The number of thiazole rings is 1. The molecule has 16 nitrogen and oxygen atoms in total. The third-order valence-corrected chi connectivity index (χ3v) is 9.14. The predicted octanol–water partition coefficient (Wildman–Crippen LogP) is 0.580. The number of phenols is 2. The van der Waals surface area contributed by atoms with Gasteiger partial charge in [0.15, 0.2) is 22.3 Å². The van der Waals surface area contributed by atoms with Gasteiger partial charge in [0.05, 0.1) is 6.42 Å². The third-order valence-electron chi connectivity index (χ3n) is 6.39. The number of phenolic OH excluding ortho intramolecular Hbond substituents is 2. The van der Waals surface area contributed by atoms with E-state index in [-0.39, 0.29) is 46.6 Å². The number of hydrogen-bond acceptors (Lipinski definition) is 13. The van der Waals surface area contributed by atoms with E-state index in [0.717, 1.165) is 28.0 Å². The number of carbonyl (C=O) groups is 5. The Morgan fingerprint density at radius 3 is 2.52 bits per heavy atom. The van der Waals surface area contributed by atoms with Crippen LogP contribution in [0.15, 0.2) is 38.4 Å². The molecule has 0 unspecified atom stereocenters. The number of benzene rings is 1. The Bertz CT molecular complexity index is 1620. The lowest BCUT2D eigenvalue weighted by molar-refractivity contribution is -0.161. The molecule has 1 aromatic carbocycles. The van der Waals surface area contributed by atoms with Crippen LogP contribution in [0.5, 0.6) is 11.5 Å². The molecule has 2 aliphatic rings. The predicted molar refractivity (Wildman–Crippen MR) is 160 cm³/mol. The van der Waals surface area contributed by atoms with Crippen LogP contribution in [0.2, 0.25) is 0 Å². The normalized spacial score (nSPS) is 18.3. The number of fused-ring (bicyclic) bond motifs is 1. The lowest BCUT2D eigenvalue weighted by atomic mass is 10.0. The van der Waals surface area contributed by atoms with Crippen LogP contribution in [-0.4, -0.2) is 95.0 Å². The van der Waals surface area contributed by atoms with Crippen LogP contribution < -0.4 is 16.4 Å². The van der Waals surface area contributed by atoms with Crippen molar-refractivity contribution < 1.29 is 49.2 Å². The number of aromatic nitrogens is 1. The molecule has 0 radical (unpaired) electrons.